The topological polar surface area (TPSA) is 44.8 Å². The molecule has 1 amide bonds. The number of nitrogens with zero attached hydrogens (tertiary/aromatic N) is 2. The molecule has 1 saturated heterocycles. The summed E-state index contributed by atoms with van der Waals surface area (Å²) in [6, 6.07) is 5.98. The van der Waals surface area contributed by atoms with Crippen molar-refractivity contribution in [3.05, 3.63) is 29.3 Å². The molecule has 35 heavy (non-hydrogen) atoms. The van der Waals surface area contributed by atoms with E-state index in [4.69, 9.17) is 4.74 Å². The van der Waals surface area contributed by atoms with Crippen molar-refractivity contribution in [1.29, 1.82) is 0 Å². The van der Waals surface area contributed by atoms with E-state index in [1.54, 1.807) is 0 Å². The number of likely N-dealkylation sites (N-methyl/N-ethyl adjacent to an activating group) is 1. The molecule has 5 heteroatoms. The molecule has 1 N–H and O–H groups in total. The molecule has 0 aromatic heterocycles. The first kappa shape index (κ1) is 29.6. The molecule has 1 heterocycles. The molecule has 0 bridgehead atoms. The van der Waals surface area contributed by atoms with Gasteiger partial charge in [0.25, 0.3) is 5.91 Å². The van der Waals surface area contributed by atoms with Crippen molar-refractivity contribution < 1.29 is 9.53 Å². The van der Waals surface area contributed by atoms with Gasteiger partial charge < -0.3 is 19.9 Å². The third kappa shape index (κ3) is 11.8. The molecule has 0 atom stereocenters. The number of nitrogens with one attached hydrogen (secondary N) is 1. The van der Waals surface area contributed by atoms with Gasteiger partial charge in [-0.3, -0.25) is 4.79 Å². The van der Waals surface area contributed by atoms with Crippen molar-refractivity contribution in [3.63, 3.8) is 0 Å². The number of benzene rings is 1. The maximum atomic E-state index is 12.7. The van der Waals surface area contributed by atoms with Crippen LogP contribution in [-0.2, 0) is 5.41 Å². The fraction of sp³-hybridized carbons (Fsp3) is 0.767. The minimum absolute atomic E-state index is 0.0264. The normalized spacial score (nSPS) is 15.3. The lowest BCUT2D eigenvalue weighted by Crippen LogP contribution is -2.44. The van der Waals surface area contributed by atoms with E-state index >= 15 is 0 Å². The molecule has 2 rings (SSSR count). The summed E-state index contributed by atoms with van der Waals surface area (Å²) in [6.45, 7) is 16.0. The highest BCUT2D eigenvalue weighted by Gasteiger charge is 2.19. The SMILES string of the molecule is CCOc1cc(C(C)(C)C)ccc1C(=O)NCCCCCCCCCCCCN1CCN(C)CC1. The molecular weight excluding hydrogens is 434 g/mol. The van der Waals surface area contributed by atoms with E-state index in [2.05, 4.69) is 42.9 Å². The van der Waals surface area contributed by atoms with E-state index in [9.17, 15) is 4.79 Å². The predicted octanol–water partition coefficient (Wildman–Crippen LogP) is 6.26. The van der Waals surface area contributed by atoms with Crippen LogP contribution >= 0.6 is 0 Å². The lowest BCUT2D eigenvalue weighted by molar-refractivity contribution is 0.0949. The molecule has 0 aliphatic carbocycles. The van der Waals surface area contributed by atoms with Gasteiger partial charge in [-0.1, -0.05) is 78.2 Å². The van der Waals surface area contributed by atoms with Crippen LogP contribution in [0.1, 0.15) is 108 Å². The molecule has 5 nitrogen and oxygen atoms in total. The third-order valence-electron chi connectivity index (χ3n) is 7.17. The van der Waals surface area contributed by atoms with Crippen LogP contribution in [0.5, 0.6) is 5.75 Å². The Labute approximate surface area is 216 Å². The van der Waals surface area contributed by atoms with E-state index in [1.165, 1.54) is 96.1 Å². The highest BCUT2D eigenvalue weighted by atomic mass is 16.5. The number of amides is 1. The highest BCUT2D eigenvalue weighted by Crippen LogP contribution is 2.28. The van der Waals surface area contributed by atoms with E-state index < -0.39 is 0 Å². The minimum atomic E-state index is -0.0264. The van der Waals surface area contributed by atoms with Crippen LogP contribution in [-0.4, -0.2) is 68.6 Å². The zero-order valence-electron chi connectivity index (χ0n) is 23.5. The Morgan fingerprint density at radius 1 is 0.886 bits per heavy atom. The summed E-state index contributed by atoms with van der Waals surface area (Å²) in [4.78, 5) is 17.7. The fourth-order valence-electron chi connectivity index (χ4n) is 4.69. The van der Waals surface area contributed by atoms with Crippen LogP contribution in [0, 0.1) is 0 Å². The number of rotatable bonds is 16. The van der Waals surface area contributed by atoms with E-state index in [0.29, 0.717) is 17.9 Å². The van der Waals surface area contributed by atoms with Crippen molar-refractivity contribution in [2.75, 3.05) is 52.9 Å². The molecule has 0 spiro atoms. The minimum Gasteiger partial charge on any atom is -0.493 e. The van der Waals surface area contributed by atoms with Gasteiger partial charge in [-0.2, -0.15) is 0 Å². The van der Waals surface area contributed by atoms with Crippen molar-refractivity contribution >= 4 is 5.91 Å². The maximum Gasteiger partial charge on any atom is 0.255 e. The van der Waals surface area contributed by atoms with Gasteiger partial charge in [-0.15, -0.1) is 0 Å². The smallest absolute Gasteiger partial charge is 0.255 e. The zero-order chi connectivity index (χ0) is 25.5. The molecule has 1 aliphatic rings. The summed E-state index contributed by atoms with van der Waals surface area (Å²) >= 11 is 0. The van der Waals surface area contributed by atoms with Crippen LogP contribution in [0.4, 0.5) is 0 Å². The lowest BCUT2D eigenvalue weighted by atomic mass is 9.86. The molecule has 1 aromatic carbocycles. The van der Waals surface area contributed by atoms with Gasteiger partial charge in [0.05, 0.1) is 12.2 Å². The average Bonchev–Trinajstić information content (AvgIpc) is 2.82. The highest BCUT2D eigenvalue weighted by molar-refractivity contribution is 5.97. The Kier molecular flexibility index (Phi) is 13.7. The standard InChI is InChI=1S/C30H53N3O2/c1-6-35-28-25-26(30(2,3)4)17-18-27(28)29(34)31-19-15-13-11-9-7-8-10-12-14-16-20-33-23-21-32(5)22-24-33/h17-18,25H,6-16,19-24H2,1-5H3,(H,31,34). The molecule has 0 saturated carbocycles. The van der Waals surface area contributed by atoms with Crippen molar-refractivity contribution in [2.45, 2.75) is 97.3 Å². The Morgan fingerprint density at radius 3 is 2.03 bits per heavy atom. The van der Waals surface area contributed by atoms with Crippen LogP contribution in [0.25, 0.3) is 0 Å². The molecule has 0 unspecified atom stereocenters. The Balaban J connectivity index is 1.47. The Morgan fingerprint density at radius 2 is 1.46 bits per heavy atom. The first-order valence-corrected chi connectivity index (χ1v) is 14.3. The van der Waals surface area contributed by atoms with Crippen LogP contribution in [0.15, 0.2) is 18.2 Å². The van der Waals surface area contributed by atoms with Gasteiger partial charge in [0.15, 0.2) is 0 Å². The summed E-state index contributed by atoms with van der Waals surface area (Å²) in [5.41, 5.74) is 1.86. The Bertz CT molecular complexity index is 721. The van der Waals surface area contributed by atoms with E-state index in [0.717, 1.165) is 13.0 Å². The maximum absolute atomic E-state index is 12.7. The van der Waals surface area contributed by atoms with E-state index in [1.807, 2.05) is 25.1 Å². The number of hydrogen-bond acceptors (Lipinski definition) is 4. The fourth-order valence-corrected chi connectivity index (χ4v) is 4.69. The van der Waals surface area contributed by atoms with Gasteiger partial charge in [0.2, 0.25) is 0 Å². The number of piperazine rings is 1. The molecular formula is C30H53N3O2. The first-order chi connectivity index (χ1) is 16.8. The zero-order valence-corrected chi connectivity index (χ0v) is 23.5. The van der Waals surface area contributed by atoms with Crippen molar-refractivity contribution in [1.82, 2.24) is 15.1 Å². The lowest BCUT2D eigenvalue weighted by Gasteiger charge is -2.32. The molecule has 1 fully saturated rings. The van der Waals surface area contributed by atoms with Crippen LogP contribution in [0.3, 0.4) is 0 Å². The predicted molar refractivity (Wildman–Crippen MR) is 149 cm³/mol. The van der Waals surface area contributed by atoms with Crippen LogP contribution < -0.4 is 10.1 Å². The number of ether oxygens (including phenoxy) is 1. The van der Waals surface area contributed by atoms with Gasteiger partial charge in [0, 0.05) is 32.7 Å². The van der Waals surface area contributed by atoms with Crippen molar-refractivity contribution in [2.24, 2.45) is 0 Å². The Hall–Kier alpha value is -1.59. The van der Waals surface area contributed by atoms with Crippen LogP contribution in [0.2, 0.25) is 0 Å². The summed E-state index contributed by atoms with van der Waals surface area (Å²) in [7, 11) is 2.22. The monoisotopic (exact) mass is 487 g/mol. The second kappa shape index (κ2) is 16.2. The third-order valence-corrected chi connectivity index (χ3v) is 7.17. The van der Waals surface area contributed by atoms with E-state index in [-0.39, 0.29) is 11.3 Å². The van der Waals surface area contributed by atoms with Gasteiger partial charge >= 0.3 is 0 Å². The van der Waals surface area contributed by atoms with Gasteiger partial charge in [0.1, 0.15) is 5.75 Å². The summed E-state index contributed by atoms with van der Waals surface area (Å²) in [5, 5.41) is 3.09. The summed E-state index contributed by atoms with van der Waals surface area (Å²) in [6.07, 6.45) is 13.1. The molecule has 200 valence electrons. The van der Waals surface area contributed by atoms with Gasteiger partial charge in [-0.25, -0.2) is 0 Å². The van der Waals surface area contributed by atoms with Crippen molar-refractivity contribution in [3.8, 4) is 5.75 Å². The number of unbranched alkanes of at least 4 members (excludes halogenated alkanes) is 9. The molecule has 0 radical (unpaired) electrons. The van der Waals surface area contributed by atoms with Gasteiger partial charge in [-0.05, 0) is 56.5 Å². The quantitative estimate of drug-likeness (QED) is 0.280. The second-order valence-electron chi connectivity index (χ2n) is 11.3. The summed E-state index contributed by atoms with van der Waals surface area (Å²) < 4.78 is 5.77. The number of hydrogen-bond donors (Lipinski definition) is 1. The second-order valence-corrected chi connectivity index (χ2v) is 11.3. The number of carbonyl (C=O) groups is 1. The average molecular weight is 488 g/mol. The largest absolute Gasteiger partial charge is 0.493 e. The summed E-state index contributed by atoms with van der Waals surface area (Å²) in [5.74, 6) is 0.665. The molecule has 1 aliphatic heterocycles. The molecule has 1 aromatic rings. The number of carbonyl (C=O) groups excluding carboxylic acids is 1. The first-order valence-electron chi connectivity index (χ1n) is 14.3.